The standard InChI is InChI=1S/C19H25N5O3/c25-16-3-1-2-15-11-6-12(8-20-7-11)17(24(15)16)19(27)23-5-4-13-14(9-23)21-10-22-18(13)26/h10-12,15,17,20H,1-9H2,(H,21,22,26)/t11-,12+,15+,17-/m1/s1. The second-order valence-corrected chi connectivity index (χ2v) is 8.29. The van der Waals surface area contributed by atoms with Crippen LogP contribution in [0.25, 0.3) is 0 Å². The highest BCUT2D eigenvalue weighted by Crippen LogP contribution is 2.40. The summed E-state index contributed by atoms with van der Waals surface area (Å²) >= 11 is 0. The predicted molar refractivity (Wildman–Crippen MR) is 96.7 cm³/mol. The van der Waals surface area contributed by atoms with E-state index in [1.807, 2.05) is 4.90 Å². The molecule has 1 aromatic heterocycles. The van der Waals surface area contributed by atoms with Crippen LogP contribution < -0.4 is 10.9 Å². The van der Waals surface area contributed by atoms with Gasteiger partial charge in [-0.25, -0.2) is 4.98 Å². The first-order valence-corrected chi connectivity index (χ1v) is 9.99. The zero-order chi connectivity index (χ0) is 18.5. The molecule has 144 valence electrons. The summed E-state index contributed by atoms with van der Waals surface area (Å²) in [6, 6.07) is -0.197. The fourth-order valence-electron chi connectivity index (χ4n) is 5.57. The zero-order valence-electron chi connectivity index (χ0n) is 15.3. The topological polar surface area (TPSA) is 98.4 Å². The van der Waals surface area contributed by atoms with Gasteiger partial charge in [0.25, 0.3) is 5.56 Å². The van der Waals surface area contributed by atoms with Crippen LogP contribution in [-0.2, 0) is 22.6 Å². The molecule has 2 amide bonds. The smallest absolute Gasteiger partial charge is 0.254 e. The van der Waals surface area contributed by atoms with Crippen molar-refractivity contribution in [2.75, 3.05) is 19.6 Å². The molecule has 0 spiro atoms. The van der Waals surface area contributed by atoms with Gasteiger partial charge in [-0.1, -0.05) is 0 Å². The second kappa shape index (κ2) is 6.44. The van der Waals surface area contributed by atoms with Gasteiger partial charge in [0.2, 0.25) is 11.8 Å². The molecule has 0 aromatic carbocycles. The van der Waals surface area contributed by atoms with Crippen LogP contribution in [0, 0.1) is 11.8 Å². The van der Waals surface area contributed by atoms with E-state index in [2.05, 4.69) is 15.3 Å². The highest BCUT2D eigenvalue weighted by Gasteiger charge is 2.51. The first-order chi connectivity index (χ1) is 13.1. The van der Waals surface area contributed by atoms with Gasteiger partial charge in [-0.15, -0.1) is 0 Å². The quantitative estimate of drug-likeness (QED) is 0.703. The minimum absolute atomic E-state index is 0.0233. The lowest BCUT2D eigenvalue weighted by Crippen LogP contribution is -2.68. The van der Waals surface area contributed by atoms with Gasteiger partial charge in [-0.05, 0) is 38.1 Å². The van der Waals surface area contributed by atoms with Crippen LogP contribution in [0.5, 0.6) is 0 Å². The molecular weight excluding hydrogens is 346 g/mol. The van der Waals surface area contributed by atoms with Gasteiger partial charge < -0.3 is 20.1 Å². The molecule has 3 fully saturated rings. The summed E-state index contributed by atoms with van der Waals surface area (Å²) in [5.74, 6) is 0.783. The normalized spacial score (nSPS) is 32.7. The number of carbonyl (C=O) groups excluding carboxylic acids is 2. The summed E-state index contributed by atoms with van der Waals surface area (Å²) in [4.78, 5) is 48.9. The second-order valence-electron chi connectivity index (χ2n) is 8.29. The maximum atomic E-state index is 13.5. The summed E-state index contributed by atoms with van der Waals surface area (Å²) in [5.41, 5.74) is 1.24. The molecule has 2 bridgehead atoms. The molecule has 8 nitrogen and oxygen atoms in total. The number of piperidine rings is 3. The summed E-state index contributed by atoms with van der Waals surface area (Å²) < 4.78 is 0. The van der Waals surface area contributed by atoms with Gasteiger partial charge in [0.1, 0.15) is 6.04 Å². The average Bonchev–Trinajstić information content (AvgIpc) is 2.69. The van der Waals surface area contributed by atoms with Crippen LogP contribution in [0.4, 0.5) is 0 Å². The van der Waals surface area contributed by atoms with Crippen molar-refractivity contribution in [1.82, 2.24) is 25.1 Å². The van der Waals surface area contributed by atoms with Gasteiger partial charge >= 0.3 is 0 Å². The van der Waals surface area contributed by atoms with E-state index in [4.69, 9.17) is 0 Å². The third kappa shape index (κ3) is 2.69. The predicted octanol–water partition coefficient (Wildman–Crippen LogP) is -0.356. The lowest BCUT2D eigenvalue weighted by molar-refractivity contribution is -0.162. The Hall–Kier alpha value is -2.22. The van der Waals surface area contributed by atoms with Crippen molar-refractivity contribution < 1.29 is 9.59 Å². The Morgan fingerprint density at radius 1 is 1.19 bits per heavy atom. The molecule has 2 N–H and O–H groups in total. The van der Waals surface area contributed by atoms with Gasteiger partial charge in [0.15, 0.2) is 0 Å². The first kappa shape index (κ1) is 16.9. The molecule has 0 radical (unpaired) electrons. The van der Waals surface area contributed by atoms with E-state index in [9.17, 15) is 14.4 Å². The Labute approximate surface area is 157 Å². The van der Waals surface area contributed by atoms with Crippen molar-refractivity contribution in [2.24, 2.45) is 11.8 Å². The number of nitrogens with one attached hydrogen (secondary N) is 2. The Kier molecular flexibility index (Phi) is 4.03. The molecule has 5 rings (SSSR count). The number of H-pyrrole nitrogens is 1. The van der Waals surface area contributed by atoms with E-state index >= 15 is 0 Å². The molecule has 4 aliphatic heterocycles. The minimum atomic E-state index is -0.379. The molecule has 8 heteroatoms. The van der Waals surface area contributed by atoms with E-state index in [0.29, 0.717) is 43.1 Å². The highest BCUT2D eigenvalue weighted by atomic mass is 16.2. The zero-order valence-corrected chi connectivity index (χ0v) is 15.3. The van der Waals surface area contributed by atoms with Crippen LogP contribution in [0.1, 0.15) is 36.9 Å². The fraction of sp³-hybridized carbons (Fsp3) is 0.684. The van der Waals surface area contributed by atoms with E-state index in [1.165, 1.54) is 6.33 Å². The van der Waals surface area contributed by atoms with Crippen molar-refractivity contribution in [3.63, 3.8) is 0 Å². The molecule has 0 unspecified atom stereocenters. The molecule has 0 aliphatic carbocycles. The van der Waals surface area contributed by atoms with Crippen molar-refractivity contribution in [3.8, 4) is 0 Å². The lowest BCUT2D eigenvalue weighted by Gasteiger charge is -2.54. The molecule has 1 aromatic rings. The van der Waals surface area contributed by atoms with E-state index in [0.717, 1.165) is 32.4 Å². The summed E-state index contributed by atoms with van der Waals surface area (Å²) in [7, 11) is 0. The van der Waals surface area contributed by atoms with Gasteiger partial charge in [-0.2, -0.15) is 0 Å². The average molecular weight is 371 g/mol. The van der Waals surface area contributed by atoms with Gasteiger partial charge in [0, 0.05) is 37.0 Å². The molecule has 3 saturated heterocycles. The largest absolute Gasteiger partial charge is 0.335 e. The number of rotatable bonds is 1. The van der Waals surface area contributed by atoms with Crippen LogP contribution in [0.2, 0.25) is 0 Å². The Morgan fingerprint density at radius 2 is 2.04 bits per heavy atom. The molecule has 0 saturated carbocycles. The molecule has 4 atom stereocenters. The van der Waals surface area contributed by atoms with Crippen LogP contribution in [0.3, 0.4) is 0 Å². The van der Waals surface area contributed by atoms with Crippen molar-refractivity contribution in [3.05, 3.63) is 27.9 Å². The Morgan fingerprint density at radius 3 is 2.93 bits per heavy atom. The number of carbonyl (C=O) groups is 2. The Bertz CT molecular complexity index is 837. The SMILES string of the molecule is O=C([C@H]1[C@@H]2CNC[C@@H](C2)[C@@H]2CCCC(=O)N21)N1CCc2c(nc[nH]c2=O)C1. The monoisotopic (exact) mass is 371 g/mol. The number of fused-ring (bicyclic) bond motifs is 5. The third-order valence-electron chi connectivity index (χ3n) is 6.82. The summed E-state index contributed by atoms with van der Waals surface area (Å²) in [6.45, 7) is 2.58. The van der Waals surface area contributed by atoms with Crippen LogP contribution >= 0.6 is 0 Å². The number of hydrogen-bond acceptors (Lipinski definition) is 5. The third-order valence-corrected chi connectivity index (χ3v) is 6.82. The van der Waals surface area contributed by atoms with Crippen molar-refractivity contribution in [2.45, 2.75) is 50.7 Å². The summed E-state index contributed by atoms with van der Waals surface area (Å²) in [6.07, 6.45) is 5.39. The number of hydrogen-bond donors (Lipinski definition) is 2. The maximum Gasteiger partial charge on any atom is 0.254 e. The summed E-state index contributed by atoms with van der Waals surface area (Å²) in [5, 5.41) is 3.48. The van der Waals surface area contributed by atoms with E-state index in [1.54, 1.807) is 4.90 Å². The van der Waals surface area contributed by atoms with Gasteiger partial charge in [0.05, 0.1) is 18.6 Å². The Balaban J connectivity index is 1.44. The van der Waals surface area contributed by atoms with Crippen LogP contribution in [0.15, 0.2) is 11.1 Å². The van der Waals surface area contributed by atoms with Crippen molar-refractivity contribution >= 4 is 11.8 Å². The lowest BCUT2D eigenvalue weighted by atomic mass is 9.72. The number of nitrogens with zero attached hydrogens (tertiary/aromatic N) is 3. The van der Waals surface area contributed by atoms with Gasteiger partial charge in [-0.3, -0.25) is 14.4 Å². The van der Waals surface area contributed by atoms with E-state index in [-0.39, 0.29) is 35.4 Å². The van der Waals surface area contributed by atoms with E-state index < -0.39 is 0 Å². The number of amides is 2. The maximum absolute atomic E-state index is 13.5. The molecule has 27 heavy (non-hydrogen) atoms. The minimum Gasteiger partial charge on any atom is -0.335 e. The fourth-order valence-corrected chi connectivity index (χ4v) is 5.57. The van der Waals surface area contributed by atoms with Crippen molar-refractivity contribution in [1.29, 1.82) is 0 Å². The highest BCUT2D eigenvalue weighted by molar-refractivity contribution is 5.89. The molecule has 5 heterocycles. The number of aromatic amines is 1. The number of aromatic nitrogens is 2. The first-order valence-electron chi connectivity index (χ1n) is 9.99. The molecular formula is C19H25N5O3. The van der Waals surface area contributed by atoms with Crippen LogP contribution in [-0.4, -0.2) is 63.3 Å². The molecule has 4 aliphatic rings.